The van der Waals surface area contributed by atoms with Crippen LogP contribution in [0.3, 0.4) is 0 Å². The summed E-state index contributed by atoms with van der Waals surface area (Å²) in [5.41, 5.74) is 0. The van der Waals surface area contributed by atoms with Gasteiger partial charge in [0.2, 0.25) is 0 Å². The number of aliphatic carboxylic acids is 1. The quantitative estimate of drug-likeness (QED) is 0.417. The maximum Gasteiger partial charge on any atom is 0.303 e. The maximum atomic E-state index is 10.5. The van der Waals surface area contributed by atoms with Gasteiger partial charge in [0.25, 0.3) is 0 Å². The zero-order valence-electron chi connectivity index (χ0n) is 15.8. The van der Waals surface area contributed by atoms with Crippen LogP contribution in [0.1, 0.15) is 77.6 Å². The molecule has 2 aliphatic rings. The van der Waals surface area contributed by atoms with Gasteiger partial charge < -0.3 is 20.3 Å². The van der Waals surface area contributed by atoms with E-state index in [1.54, 1.807) is 0 Å². The van der Waals surface area contributed by atoms with Gasteiger partial charge in [0.05, 0.1) is 18.3 Å². The van der Waals surface area contributed by atoms with Gasteiger partial charge in [0, 0.05) is 25.4 Å². The number of hydrogen-bond acceptors (Lipinski definition) is 4. The Bertz CT molecular complexity index is 390. The monoisotopic (exact) mass is 355 g/mol. The van der Waals surface area contributed by atoms with Crippen molar-refractivity contribution >= 4 is 5.97 Å². The Morgan fingerprint density at radius 3 is 2.56 bits per heavy atom. The molecular formula is C20H37NO4. The molecule has 5 heteroatoms. The number of ether oxygens (including phenoxy) is 1. The predicted molar refractivity (Wildman–Crippen MR) is 98.6 cm³/mol. The molecule has 5 nitrogen and oxygen atoms in total. The Balaban J connectivity index is 1.63. The number of nitrogens with one attached hydrogen (secondary N) is 1. The van der Waals surface area contributed by atoms with Crippen molar-refractivity contribution < 1.29 is 19.7 Å². The van der Waals surface area contributed by atoms with E-state index in [0.717, 1.165) is 45.1 Å². The first kappa shape index (κ1) is 20.7. The summed E-state index contributed by atoms with van der Waals surface area (Å²) in [6.07, 6.45) is 11.7. The smallest absolute Gasteiger partial charge is 0.303 e. The van der Waals surface area contributed by atoms with E-state index < -0.39 is 5.97 Å². The highest BCUT2D eigenvalue weighted by Crippen LogP contribution is 2.45. The summed E-state index contributed by atoms with van der Waals surface area (Å²) in [7, 11) is 0. The van der Waals surface area contributed by atoms with E-state index >= 15 is 0 Å². The molecule has 2 bridgehead atoms. The van der Waals surface area contributed by atoms with E-state index in [1.807, 2.05) is 0 Å². The van der Waals surface area contributed by atoms with Crippen molar-refractivity contribution in [2.24, 2.45) is 11.8 Å². The van der Waals surface area contributed by atoms with Gasteiger partial charge >= 0.3 is 5.97 Å². The number of unbranched alkanes of at least 4 members (excludes halogenated alkanes) is 4. The Morgan fingerprint density at radius 2 is 1.84 bits per heavy atom. The molecule has 5 atom stereocenters. The molecule has 5 unspecified atom stereocenters. The van der Waals surface area contributed by atoms with Crippen molar-refractivity contribution in [2.45, 2.75) is 95.9 Å². The maximum absolute atomic E-state index is 10.5. The molecule has 2 saturated heterocycles. The van der Waals surface area contributed by atoms with Gasteiger partial charge in [0.15, 0.2) is 0 Å². The second-order valence-corrected chi connectivity index (χ2v) is 7.92. The van der Waals surface area contributed by atoms with Gasteiger partial charge in [-0.15, -0.1) is 0 Å². The van der Waals surface area contributed by atoms with E-state index in [-0.39, 0.29) is 6.10 Å². The molecule has 0 aromatic rings. The number of rotatable bonds is 14. The van der Waals surface area contributed by atoms with E-state index in [0.29, 0.717) is 37.0 Å². The van der Waals surface area contributed by atoms with Crippen molar-refractivity contribution in [3.63, 3.8) is 0 Å². The van der Waals surface area contributed by atoms with Crippen LogP contribution in [0.4, 0.5) is 0 Å². The molecule has 2 fully saturated rings. The molecule has 25 heavy (non-hydrogen) atoms. The fraction of sp³-hybridized carbons (Fsp3) is 0.950. The summed E-state index contributed by atoms with van der Waals surface area (Å²) in [5.74, 6) is 0.531. The minimum atomic E-state index is -0.686. The van der Waals surface area contributed by atoms with Crippen LogP contribution in [-0.2, 0) is 9.53 Å². The van der Waals surface area contributed by atoms with Crippen LogP contribution in [0.25, 0.3) is 0 Å². The van der Waals surface area contributed by atoms with Gasteiger partial charge in [0.1, 0.15) is 0 Å². The molecule has 0 amide bonds. The summed E-state index contributed by atoms with van der Waals surface area (Å²) >= 11 is 0. The molecule has 0 saturated carbocycles. The Hall–Kier alpha value is -0.650. The largest absolute Gasteiger partial charge is 0.481 e. The van der Waals surface area contributed by atoms with Gasteiger partial charge in [-0.3, -0.25) is 4.79 Å². The highest BCUT2D eigenvalue weighted by atomic mass is 16.5. The summed E-state index contributed by atoms with van der Waals surface area (Å²) in [6.45, 7) is 3.79. The fourth-order valence-corrected chi connectivity index (χ4v) is 4.52. The molecule has 3 N–H and O–H groups in total. The third-order valence-corrected chi connectivity index (χ3v) is 5.92. The number of hydrogen-bond donors (Lipinski definition) is 3. The summed E-state index contributed by atoms with van der Waals surface area (Å²) in [6, 6.07) is 0. The fourth-order valence-electron chi connectivity index (χ4n) is 4.52. The number of aliphatic hydroxyl groups excluding tert-OH is 1. The molecule has 2 aliphatic heterocycles. The Labute approximate surface area is 152 Å². The van der Waals surface area contributed by atoms with Gasteiger partial charge in [-0.2, -0.15) is 0 Å². The lowest BCUT2D eigenvalue weighted by Crippen LogP contribution is -2.38. The van der Waals surface area contributed by atoms with Crippen LogP contribution < -0.4 is 5.32 Å². The lowest BCUT2D eigenvalue weighted by atomic mass is 9.76. The van der Waals surface area contributed by atoms with E-state index in [1.165, 1.54) is 25.7 Å². The molecular weight excluding hydrogens is 318 g/mol. The Kier molecular flexibility index (Phi) is 9.21. The van der Waals surface area contributed by atoms with Crippen LogP contribution in [0.2, 0.25) is 0 Å². The number of carboxylic acids is 1. The van der Waals surface area contributed by atoms with E-state index in [9.17, 15) is 9.90 Å². The average Bonchev–Trinajstić information content (AvgIpc) is 3.18. The predicted octanol–water partition coefficient (Wildman–Crippen LogP) is 3.35. The minimum absolute atomic E-state index is 0.229. The normalized spacial score (nSPS) is 29.2. The summed E-state index contributed by atoms with van der Waals surface area (Å²) in [4.78, 5) is 10.5. The molecule has 146 valence electrons. The lowest BCUT2D eigenvalue weighted by Gasteiger charge is -2.28. The van der Waals surface area contributed by atoms with Crippen LogP contribution in [0, 0.1) is 11.8 Å². The number of carbonyl (C=O) groups is 1. The molecule has 0 aromatic heterocycles. The van der Waals surface area contributed by atoms with Gasteiger partial charge in [-0.1, -0.05) is 39.0 Å². The second-order valence-electron chi connectivity index (χ2n) is 7.92. The van der Waals surface area contributed by atoms with Crippen LogP contribution in [0.15, 0.2) is 0 Å². The molecule has 2 rings (SSSR count). The first-order valence-electron chi connectivity index (χ1n) is 10.4. The summed E-state index contributed by atoms with van der Waals surface area (Å²) in [5, 5.41) is 22.1. The number of aliphatic hydroxyl groups is 1. The minimum Gasteiger partial charge on any atom is -0.481 e. The molecule has 0 radical (unpaired) electrons. The van der Waals surface area contributed by atoms with Crippen molar-refractivity contribution in [2.75, 3.05) is 13.1 Å². The Morgan fingerprint density at radius 1 is 1.12 bits per heavy atom. The van der Waals surface area contributed by atoms with Crippen molar-refractivity contribution in [1.29, 1.82) is 0 Å². The van der Waals surface area contributed by atoms with Crippen LogP contribution in [0.5, 0.6) is 0 Å². The van der Waals surface area contributed by atoms with Crippen molar-refractivity contribution in [1.82, 2.24) is 5.32 Å². The first-order chi connectivity index (χ1) is 12.1. The second kappa shape index (κ2) is 11.1. The first-order valence-corrected chi connectivity index (χ1v) is 10.4. The lowest BCUT2D eigenvalue weighted by molar-refractivity contribution is -0.137. The third kappa shape index (κ3) is 6.87. The zero-order chi connectivity index (χ0) is 18.1. The molecule has 2 heterocycles. The van der Waals surface area contributed by atoms with Crippen molar-refractivity contribution in [3.05, 3.63) is 0 Å². The third-order valence-electron chi connectivity index (χ3n) is 5.92. The summed E-state index contributed by atoms with van der Waals surface area (Å²) < 4.78 is 6.15. The van der Waals surface area contributed by atoms with E-state index in [2.05, 4.69) is 12.2 Å². The SMILES string of the molecule is CCCCC(O)CNCC1C2CCC(O2)C1CCCCCCC(=O)O. The average molecular weight is 356 g/mol. The molecule has 0 spiro atoms. The zero-order valence-corrected chi connectivity index (χ0v) is 15.8. The number of fused-ring (bicyclic) bond motifs is 2. The van der Waals surface area contributed by atoms with E-state index in [4.69, 9.17) is 9.84 Å². The molecule has 0 aliphatic carbocycles. The van der Waals surface area contributed by atoms with Crippen LogP contribution in [-0.4, -0.2) is 47.6 Å². The van der Waals surface area contributed by atoms with Gasteiger partial charge in [-0.25, -0.2) is 0 Å². The highest BCUT2D eigenvalue weighted by Gasteiger charge is 2.47. The standard InChI is InChI=1S/C20H37NO4/c1-2-3-8-15(22)13-21-14-17-16(18-11-12-19(17)25-18)9-6-4-5-7-10-20(23)24/h15-19,21-22H,2-14H2,1H3,(H,23,24). The van der Waals surface area contributed by atoms with Gasteiger partial charge in [-0.05, 0) is 38.0 Å². The van der Waals surface area contributed by atoms with Crippen LogP contribution >= 0.6 is 0 Å². The number of carboxylic acid groups (broad SMARTS) is 1. The topological polar surface area (TPSA) is 78.8 Å². The highest BCUT2D eigenvalue weighted by molar-refractivity contribution is 5.66. The van der Waals surface area contributed by atoms with Crippen molar-refractivity contribution in [3.8, 4) is 0 Å². The molecule has 0 aromatic carbocycles.